The van der Waals surface area contributed by atoms with E-state index in [1.807, 2.05) is 37.3 Å². The third-order valence-corrected chi connectivity index (χ3v) is 4.49. The minimum Gasteiger partial charge on any atom is -0.354 e. The first-order chi connectivity index (χ1) is 13.0. The number of rotatable bonds is 9. The van der Waals surface area contributed by atoms with Crippen LogP contribution in [0.25, 0.3) is 0 Å². The van der Waals surface area contributed by atoms with Gasteiger partial charge in [0, 0.05) is 25.1 Å². The van der Waals surface area contributed by atoms with Crippen molar-refractivity contribution in [1.82, 2.24) is 10.2 Å². The lowest BCUT2D eigenvalue weighted by molar-refractivity contribution is -0.140. The molecule has 4 nitrogen and oxygen atoms in total. The Morgan fingerprint density at radius 2 is 1.74 bits per heavy atom. The number of benzene rings is 2. The lowest BCUT2D eigenvalue weighted by atomic mass is 10.1. The smallest absolute Gasteiger partial charge is 0.242 e. The summed E-state index contributed by atoms with van der Waals surface area (Å²) in [5.74, 6) is -0.762. The number of nitrogens with zero attached hydrogens (tertiary/aromatic N) is 1. The van der Waals surface area contributed by atoms with E-state index in [9.17, 15) is 14.0 Å². The SMILES string of the molecule is CCCNC(=O)C(C)N(Cc1ccccc1F)C(=O)CCc1ccccc1. The van der Waals surface area contributed by atoms with Crippen LogP contribution in [0, 0.1) is 5.82 Å². The van der Waals surface area contributed by atoms with Crippen LogP contribution in [0.4, 0.5) is 4.39 Å². The van der Waals surface area contributed by atoms with Crippen molar-refractivity contribution in [2.24, 2.45) is 0 Å². The minimum atomic E-state index is -0.667. The number of hydrogen-bond donors (Lipinski definition) is 1. The summed E-state index contributed by atoms with van der Waals surface area (Å²) in [5.41, 5.74) is 1.46. The number of carbonyl (C=O) groups is 2. The molecule has 0 aliphatic carbocycles. The number of nitrogens with one attached hydrogen (secondary N) is 1. The second kappa shape index (κ2) is 10.5. The average molecular weight is 370 g/mol. The van der Waals surface area contributed by atoms with Crippen LogP contribution in [-0.4, -0.2) is 29.3 Å². The fraction of sp³-hybridized carbons (Fsp3) is 0.364. The van der Waals surface area contributed by atoms with Gasteiger partial charge < -0.3 is 10.2 Å². The van der Waals surface area contributed by atoms with Crippen molar-refractivity contribution in [3.63, 3.8) is 0 Å². The zero-order chi connectivity index (χ0) is 19.6. The standard InChI is InChI=1S/C22H27FN2O2/c1-3-15-24-22(27)17(2)25(16-19-11-7-8-12-20(19)23)21(26)14-13-18-9-5-4-6-10-18/h4-12,17H,3,13-16H2,1-2H3,(H,24,27). The summed E-state index contributed by atoms with van der Waals surface area (Å²) in [5, 5.41) is 2.82. The second-order valence-corrected chi connectivity index (χ2v) is 6.57. The van der Waals surface area contributed by atoms with E-state index in [-0.39, 0.29) is 30.6 Å². The summed E-state index contributed by atoms with van der Waals surface area (Å²) in [7, 11) is 0. The van der Waals surface area contributed by atoms with E-state index in [0.29, 0.717) is 18.5 Å². The van der Waals surface area contributed by atoms with Gasteiger partial charge >= 0.3 is 0 Å². The van der Waals surface area contributed by atoms with Gasteiger partial charge in [-0.25, -0.2) is 4.39 Å². The molecule has 0 heterocycles. The number of carbonyl (C=O) groups excluding carboxylic acids is 2. The summed E-state index contributed by atoms with van der Waals surface area (Å²) >= 11 is 0. The topological polar surface area (TPSA) is 49.4 Å². The maximum atomic E-state index is 14.1. The fourth-order valence-electron chi connectivity index (χ4n) is 2.83. The third-order valence-electron chi connectivity index (χ3n) is 4.49. The molecule has 144 valence electrons. The summed E-state index contributed by atoms with van der Waals surface area (Å²) in [6.07, 6.45) is 1.66. The van der Waals surface area contributed by atoms with Crippen LogP contribution in [0.1, 0.15) is 37.8 Å². The molecule has 0 aromatic heterocycles. The van der Waals surface area contributed by atoms with Gasteiger partial charge in [0.1, 0.15) is 11.9 Å². The Morgan fingerprint density at radius 1 is 1.07 bits per heavy atom. The summed E-state index contributed by atoms with van der Waals surface area (Å²) < 4.78 is 14.1. The third kappa shape index (κ3) is 6.20. The van der Waals surface area contributed by atoms with Gasteiger partial charge in [0.15, 0.2) is 0 Å². The first-order valence-electron chi connectivity index (χ1n) is 9.37. The summed E-state index contributed by atoms with van der Waals surface area (Å²) in [4.78, 5) is 26.7. The number of hydrogen-bond acceptors (Lipinski definition) is 2. The Balaban J connectivity index is 2.13. The Kier molecular flexibility index (Phi) is 7.99. The first-order valence-corrected chi connectivity index (χ1v) is 9.37. The molecule has 1 N–H and O–H groups in total. The Morgan fingerprint density at radius 3 is 2.41 bits per heavy atom. The van der Waals surface area contributed by atoms with Crippen molar-refractivity contribution < 1.29 is 14.0 Å². The molecule has 0 fully saturated rings. The molecule has 0 aliphatic heterocycles. The zero-order valence-corrected chi connectivity index (χ0v) is 16.0. The fourth-order valence-corrected chi connectivity index (χ4v) is 2.83. The molecule has 5 heteroatoms. The van der Waals surface area contributed by atoms with Crippen LogP contribution in [-0.2, 0) is 22.6 Å². The van der Waals surface area contributed by atoms with E-state index >= 15 is 0 Å². The molecule has 2 aromatic carbocycles. The summed E-state index contributed by atoms with van der Waals surface area (Å²) in [6.45, 7) is 4.27. The van der Waals surface area contributed by atoms with Crippen LogP contribution in [0.3, 0.4) is 0 Å². The molecule has 2 rings (SSSR count). The molecule has 27 heavy (non-hydrogen) atoms. The molecular formula is C22H27FN2O2. The number of amides is 2. The highest BCUT2D eigenvalue weighted by Gasteiger charge is 2.26. The molecule has 0 saturated carbocycles. The van der Waals surface area contributed by atoms with E-state index in [0.717, 1.165) is 12.0 Å². The predicted molar refractivity (Wildman–Crippen MR) is 104 cm³/mol. The molecule has 0 spiro atoms. The molecule has 0 radical (unpaired) electrons. The lowest BCUT2D eigenvalue weighted by Crippen LogP contribution is -2.47. The van der Waals surface area contributed by atoms with Crippen LogP contribution in [0.15, 0.2) is 54.6 Å². The van der Waals surface area contributed by atoms with Crippen molar-refractivity contribution >= 4 is 11.8 Å². The number of halogens is 1. The van der Waals surface area contributed by atoms with E-state index < -0.39 is 6.04 Å². The van der Waals surface area contributed by atoms with Crippen LogP contribution in [0.2, 0.25) is 0 Å². The van der Waals surface area contributed by atoms with Crippen LogP contribution in [0.5, 0.6) is 0 Å². The maximum Gasteiger partial charge on any atom is 0.242 e. The summed E-state index contributed by atoms with van der Waals surface area (Å²) in [6, 6.07) is 15.4. The molecule has 0 bridgehead atoms. The average Bonchev–Trinajstić information content (AvgIpc) is 2.70. The van der Waals surface area contributed by atoms with Crippen LogP contribution >= 0.6 is 0 Å². The Hall–Kier alpha value is -2.69. The lowest BCUT2D eigenvalue weighted by Gasteiger charge is -2.29. The largest absolute Gasteiger partial charge is 0.354 e. The Bertz CT molecular complexity index is 749. The Labute approximate surface area is 160 Å². The van der Waals surface area contributed by atoms with Gasteiger partial charge in [0.05, 0.1) is 0 Å². The molecule has 2 amide bonds. The van der Waals surface area contributed by atoms with Gasteiger partial charge in [-0.1, -0.05) is 55.5 Å². The predicted octanol–water partition coefficient (Wildman–Crippen LogP) is 3.70. The van der Waals surface area contributed by atoms with Crippen molar-refractivity contribution in [2.75, 3.05) is 6.54 Å². The van der Waals surface area contributed by atoms with Gasteiger partial charge in [0.25, 0.3) is 0 Å². The monoisotopic (exact) mass is 370 g/mol. The highest BCUT2D eigenvalue weighted by molar-refractivity contribution is 5.87. The normalized spacial score (nSPS) is 11.7. The van der Waals surface area contributed by atoms with E-state index in [1.54, 1.807) is 25.1 Å². The van der Waals surface area contributed by atoms with Crippen molar-refractivity contribution in [3.05, 3.63) is 71.5 Å². The van der Waals surface area contributed by atoms with Crippen molar-refractivity contribution in [3.8, 4) is 0 Å². The minimum absolute atomic E-state index is 0.0704. The van der Waals surface area contributed by atoms with Gasteiger partial charge in [0.2, 0.25) is 11.8 Å². The first kappa shape index (κ1) is 20.6. The van der Waals surface area contributed by atoms with Gasteiger partial charge in [-0.15, -0.1) is 0 Å². The van der Waals surface area contributed by atoms with Gasteiger partial charge in [-0.2, -0.15) is 0 Å². The van der Waals surface area contributed by atoms with Crippen molar-refractivity contribution in [2.45, 2.75) is 45.7 Å². The van der Waals surface area contributed by atoms with E-state index in [1.165, 1.54) is 11.0 Å². The number of aryl methyl sites for hydroxylation is 1. The highest BCUT2D eigenvalue weighted by atomic mass is 19.1. The van der Waals surface area contributed by atoms with E-state index in [2.05, 4.69) is 5.32 Å². The van der Waals surface area contributed by atoms with Gasteiger partial charge in [-0.3, -0.25) is 9.59 Å². The molecule has 0 saturated heterocycles. The highest BCUT2D eigenvalue weighted by Crippen LogP contribution is 2.15. The van der Waals surface area contributed by atoms with Gasteiger partial charge in [-0.05, 0) is 31.4 Å². The van der Waals surface area contributed by atoms with Crippen LogP contribution < -0.4 is 5.32 Å². The molecule has 2 aromatic rings. The zero-order valence-electron chi connectivity index (χ0n) is 16.0. The van der Waals surface area contributed by atoms with E-state index in [4.69, 9.17) is 0 Å². The second-order valence-electron chi connectivity index (χ2n) is 6.57. The van der Waals surface area contributed by atoms with Crippen molar-refractivity contribution in [1.29, 1.82) is 0 Å². The quantitative estimate of drug-likeness (QED) is 0.732. The molecule has 0 aliphatic rings. The maximum absolute atomic E-state index is 14.1. The molecular weight excluding hydrogens is 343 g/mol. The molecule has 1 unspecified atom stereocenters. The molecule has 1 atom stereocenters.